The van der Waals surface area contributed by atoms with E-state index in [9.17, 15) is 14.4 Å². The Morgan fingerprint density at radius 2 is 1.74 bits per heavy atom. The van der Waals surface area contributed by atoms with E-state index in [-0.39, 0.29) is 11.8 Å². The number of rotatable bonds is 4. The summed E-state index contributed by atoms with van der Waals surface area (Å²) in [5.74, 6) is -0.923. The molecule has 7 heteroatoms. The lowest BCUT2D eigenvalue weighted by atomic mass is 9.88. The van der Waals surface area contributed by atoms with E-state index in [1.165, 1.54) is 6.42 Å². The number of pyridine rings is 1. The van der Waals surface area contributed by atoms with Crippen LogP contribution < -0.4 is 5.73 Å². The van der Waals surface area contributed by atoms with Crippen LogP contribution in [-0.2, 0) is 9.59 Å². The Bertz CT molecular complexity index is 593. The normalized spacial score (nSPS) is 15.4. The number of hydrogen-bond donors (Lipinski definition) is 1. The summed E-state index contributed by atoms with van der Waals surface area (Å²) in [4.78, 5) is 43.1. The van der Waals surface area contributed by atoms with Crippen molar-refractivity contribution in [1.82, 2.24) is 14.8 Å². The molecule has 1 aliphatic heterocycles. The van der Waals surface area contributed by atoms with Crippen LogP contribution in [0.15, 0.2) is 24.4 Å². The summed E-state index contributed by atoms with van der Waals surface area (Å²) in [6, 6.07) is 5.19. The van der Waals surface area contributed by atoms with Gasteiger partial charge in [-0.2, -0.15) is 0 Å². The summed E-state index contributed by atoms with van der Waals surface area (Å²) in [6.45, 7) is 4.92. The van der Waals surface area contributed by atoms with E-state index in [4.69, 9.17) is 5.73 Å². The summed E-state index contributed by atoms with van der Waals surface area (Å²) in [7, 11) is 0. The molecule has 1 fully saturated rings. The first kappa shape index (κ1) is 16.9. The zero-order valence-corrected chi connectivity index (χ0v) is 13.4. The average molecular weight is 317 g/mol. The van der Waals surface area contributed by atoms with E-state index in [0.29, 0.717) is 31.9 Å². The second-order valence-electron chi connectivity index (χ2n) is 6.06. The third-order valence-corrected chi connectivity index (χ3v) is 3.88. The Labute approximate surface area is 135 Å². The molecule has 1 saturated heterocycles. The Morgan fingerprint density at radius 1 is 1.13 bits per heavy atom. The van der Waals surface area contributed by atoms with Crippen molar-refractivity contribution in [2.75, 3.05) is 26.2 Å². The Balaban J connectivity index is 1.90. The Kier molecular flexibility index (Phi) is 4.98. The Hall–Kier alpha value is -2.44. The number of primary amides is 1. The largest absolute Gasteiger partial charge is 0.369 e. The van der Waals surface area contributed by atoms with Crippen molar-refractivity contribution in [3.05, 3.63) is 36.5 Å². The molecule has 0 bridgehead atoms. The molecule has 2 N–H and O–H groups in total. The molecule has 3 amide bonds. The molecular formula is C16H21N4O3. The van der Waals surface area contributed by atoms with Gasteiger partial charge in [-0.3, -0.25) is 19.4 Å². The maximum absolute atomic E-state index is 12.3. The van der Waals surface area contributed by atoms with Gasteiger partial charge < -0.3 is 15.5 Å². The van der Waals surface area contributed by atoms with Gasteiger partial charge in [-0.25, -0.2) is 0 Å². The van der Waals surface area contributed by atoms with Crippen molar-refractivity contribution in [3.63, 3.8) is 0 Å². The van der Waals surface area contributed by atoms with Crippen LogP contribution in [0, 0.1) is 11.8 Å². The zero-order valence-electron chi connectivity index (χ0n) is 13.4. The summed E-state index contributed by atoms with van der Waals surface area (Å²) >= 11 is 0. The predicted octanol–water partition coefficient (Wildman–Crippen LogP) is 0.0818. The molecule has 1 aromatic rings. The monoisotopic (exact) mass is 317 g/mol. The molecule has 0 aromatic carbocycles. The zero-order chi connectivity index (χ0) is 17.0. The smallest absolute Gasteiger partial charge is 0.272 e. The van der Waals surface area contributed by atoms with Gasteiger partial charge >= 0.3 is 0 Å². The van der Waals surface area contributed by atoms with Crippen molar-refractivity contribution in [2.24, 2.45) is 11.1 Å². The van der Waals surface area contributed by atoms with Crippen LogP contribution in [-0.4, -0.2) is 58.7 Å². The van der Waals surface area contributed by atoms with Crippen LogP contribution in [0.4, 0.5) is 0 Å². The van der Waals surface area contributed by atoms with Crippen molar-refractivity contribution in [2.45, 2.75) is 13.8 Å². The fourth-order valence-electron chi connectivity index (χ4n) is 2.25. The minimum Gasteiger partial charge on any atom is -0.369 e. The van der Waals surface area contributed by atoms with Crippen molar-refractivity contribution in [3.8, 4) is 0 Å². The third kappa shape index (κ3) is 4.06. The highest BCUT2D eigenvalue weighted by molar-refractivity contribution is 5.95. The minimum absolute atomic E-state index is 0.140. The van der Waals surface area contributed by atoms with Crippen LogP contribution >= 0.6 is 0 Å². The molecule has 0 aliphatic carbocycles. The average Bonchev–Trinajstić information content (AvgIpc) is 2.54. The molecule has 0 spiro atoms. The van der Waals surface area contributed by atoms with Gasteiger partial charge in [0.25, 0.3) is 5.91 Å². The molecule has 23 heavy (non-hydrogen) atoms. The predicted molar refractivity (Wildman–Crippen MR) is 84.0 cm³/mol. The van der Waals surface area contributed by atoms with Crippen molar-refractivity contribution < 1.29 is 14.4 Å². The first-order valence-electron chi connectivity index (χ1n) is 7.46. The standard InChI is InChI=1S/C16H21N4O3/c1-16(2,15(17)23)11-13(21)19-7-9-20(10-8-19)14(22)12-5-3-4-6-18-12/h3-6,11H,7-10H2,1-2H3,(H2,17,23). The van der Waals surface area contributed by atoms with Crippen LogP contribution in [0.2, 0.25) is 0 Å². The van der Waals surface area contributed by atoms with E-state index < -0.39 is 11.3 Å². The minimum atomic E-state index is -0.988. The summed E-state index contributed by atoms with van der Waals surface area (Å²) in [6.07, 6.45) is 2.92. The molecule has 123 valence electrons. The van der Waals surface area contributed by atoms with Crippen molar-refractivity contribution >= 4 is 17.7 Å². The topological polar surface area (TPSA) is 96.6 Å². The van der Waals surface area contributed by atoms with E-state index in [1.54, 1.807) is 48.0 Å². The number of aromatic nitrogens is 1. The molecule has 1 aliphatic rings. The fraction of sp³-hybridized carbons (Fsp3) is 0.438. The highest BCUT2D eigenvalue weighted by atomic mass is 16.2. The van der Waals surface area contributed by atoms with Crippen LogP contribution in [0.1, 0.15) is 24.3 Å². The number of hydrogen-bond acceptors (Lipinski definition) is 4. The number of nitrogens with zero attached hydrogens (tertiary/aromatic N) is 3. The molecule has 1 aromatic heterocycles. The Morgan fingerprint density at radius 3 is 2.26 bits per heavy atom. The maximum Gasteiger partial charge on any atom is 0.272 e. The second-order valence-corrected chi connectivity index (χ2v) is 6.06. The molecular weight excluding hydrogens is 296 g/mol. The van der Waals surface area contributed by atoms with Gasteiger partial charge in [0.15, 0.2) is 0 Å². The molecule has 0 saturated carbocycles. The molecule has 0 unspecified atom stereocenters. The van der Waals surface area contributed by atoms with Crippen LogP contribution in [0.5, 0.6) is 0 Å². The molecule has 1 radical (unpaired) electrons. The van der Waals surface area contributed by atoms with Gasteiger partial charge in [-0.1, -0.05) is 19.9 Å². The van der Waals surface area contributed by atoms with Gasteiger partial charge in [0.2, 0.25) is 11.8 Å². The first-order chi connectivity index (χ1) is 10.8. The van der Waals surface area contributed by atoms with Gasteiger partial charge in [0.1, 0.15) is 5.69 Å². The van der Waals surface area contributed by atoms with Gasteiger partial charge in [-0.05, 0) is 12.1 Å². The SMILES string of the molecule is CC(C)([CH]C(=O)N1CCN(C(=O)c2ccccn2)CC1)C(N)=O. The van der Waals surface area contributed by atoms with Gasteiger partial charge in [0.05, 0.1) is 11.8 Å². The van der Waals surface area contributed by atoms with E-state index in [0.717, 1.165) is 0 Å². The van der Waals surface area contributed by atoms with Crippen LogP contribution in [0.25, 0.3) is 0 Å². The number of nitrogens with two attached hydrogens (primary N) is 1. The lowest BCUT2D eigenvalue weighted by Crippen LogP contribution is -2.52. The number of carbonyl (C=O) groups excluding carboxylic acids is 3. The molecule has 7 nitrogen and oxygen atoms in total. The first-order valence-corrected chi connectivity index (χ1v) is 7.46. The lowest BCUT2D eigenvalue weighted by molar-refractivity contribution is -0.134. The number of piperazine rings is 1. The lowest BCUT2D eigenvalue weighted by Gasteiger charge is -2.35. The maximum atomic E-state index is 12.3. The van der Waals surface area contributed by atoms with E-state index in [1.807, 2.05) is 0 Å². The van der Waals surface area contributed by atoms with E-state index in [2.05, 4.69) is 4.98 Å². The van der Waals surface area contributed by atoms with Crippen LogP contribution in [0.3, 0.4) is 0 Å². The quantitative estimate of drug-likeness (QED) is 0.850. The molecule has 2 rings (SSSR count). The second kappa shape index (κ2) is 6.76. The number of amides is 3. The summed E-state index contributed by atoms with van der Waals surface area (Å²) < 4.78 is 0. The molecule has 0 atom stereocenters. The summed E-state index contributed by atoms with van der Waals surface area (Å²) in [5, 5.41) is 0. The fourth-order valence-corrected chi connectivity index (χ4v) is 2.25. The highest BCUT2D eigenvalue weighted by Gasteiger charge is 2.32. The van der Waals surface area contributed by atoms with Gasteiger partial charge in [0, 0.05) is 32.4 Å². The highest BCUT2D eigenvalue weighted by Crippen LogP contribution is 2.20. The summed E-state index contributed by atoms with van der Waals surface area (Å²) in [5.41, 5.74) is 4.68. The molecule has 2 heterocycles. The van der Waals surface area contributed by atoms with Crippen molar-refractivity contribution in [1.29, 1.82) is 0 Å². The number of carbonyl (C=O) groups is 3. The van der Waals surface area contributed by atoms with Gasteiger partial charge in [-0.15, -0.1) is 0 Å². The van der Waals surface area contributed by atoms with E-state index >= 15 is 0 Å². The third-order valence-electron chi connectivity index (χ3n) is 3.88.